The van der Waals surface area contributed by atoms with Crippen LogP contribution in [-0.4, -0.2) is 25.0 Å². The molecule has 0 saturated carbocycles. The predicted octanol–water partition coefficient (Wildman–Crippen LogP) is 0.434. The molecule has 1 unspecified atom stereocenters. The molecule has 66 valence electrons. The first-order chi connectivity index (χ1) is 5.83. The first kappa shape index (κ1) is 7.61. The van der Waals surface area contributed by atoms with Crippen molar-refractivity contribution in [3.8, 4) is 0 Å². The summed E-state index contributed by atoms with van der Waals surface area (Å²) >= 11 is 0. The predicted molar refractivity (Wildman–Crippen MR) is 39.0 cm³/mol. The lowest BCUT2D eigenvalue weighted by Gasteiger charge is -2.36. The van der Waals surface area contributed by atoms with Gasteiger partial charge in [0.15, 0.2) is 6.10 Å². The molecule has 3 atom stereocenters. The summed E-state index contributed by atoms with van der Waals surface area (Å²) in [5.74, 6) is -0.238. The third kappa shape index (κ3) is 0.992. The molecule has 1 saturated heterocycles. The Bertz CT molecular complexity index is 223. The van der Waals surface area contributed by atoms with E-state index < -0.39 is 6.10 Å². The van der Waals surface area contributed by atoms with Crippen molar-refractivity contribution in [2.45, 2.75) is 19.3 Å². The quantitative estimate of drug-likeness (QED) is 0.564. The van der Waals surface area contributed by atoms with Gasteiger partial charge in [-0.15, -0.1) is 0 Å². The molecule has 2 rings (SSSR count). The molecule has 0 N–H and O–H groups in total. The van der Waals surface area contributed by atoms with Gasteiger partial charge in [-0.05, 0) is 13.0 Å². The Labute approximate surface area is 70.1 Å². The smallest absolute Gasteiger partial charge is 0.336 e. The normalized spacial score (nSPS) is 36.6. The largest absolute Gasteiger partial charge is 0.472 e. The molecule has 0 spiro atoms. The average Bonchev–Trinajstić information content (AvgIpc) is 2.33. The highest BCUT2D eigenvalue weighted by atomic mass is 16.7. The van der Waals surface area contributed by atoms with Gasteiger partial charge in [-0.25, -0.2) is 4.79 Å². The number of hydrogen-bond donors (Lipinski definition) is 0. The molecule has 4 heteroatoms. The fourth-order valence-corrected chi connectivity index (χ4v) is 1.34. The van der Waals surface area contributed by atoms with Crippen LogP contribution in [0.4, 0.5) is 0 Å². The molecular weight excluding hydrogens is 160 g/mol. The zero-order chi connectivity index (χ0) is 8.55. The number of hydrogen-bond acceptors (Lipinski definition) is 4. The van der Waals surface area contributed by atoms with Crippen molar-refractivity contribution >= 4 is 5.97 Å². The van der Waals surface area contributed by atoms with Crippen molar-refractivity contribution < 1.29 is 19.0 Å². The van der Waals surface area contributed by atoms with Crippen molar-refractivity contribution in [1.82, 2.24) is 0 Å². The van der Waals surface area contributed by atoms with E-state index in [1.54, 1.807) is 13.2 Å². The molecule has 0 aliphatic carbocycles. The fourth-order valence-electron chi connectivity index (χ4n) is 1.34. The van der Waals surface area contributed by atoms with Gasteiger partial charge in [-0.3, -0.25) is 0 Å². The molecule has 2 heterocycles. The van der Waals surface area contributed by atoms with Crippen molar-refractivity contribution in [2.75, 3.05) is 6.61 Å². The Morgan fingerprint density at radius 2 is 2.50 bits per heavy atom. The average molecular weight is 170 g/mol. The Morgan fingerprint density at radius 3 is 3.17 bits per heavy atom. The number of fused-ring (bicyclic) bond motifs is 1. The van der Waals surface area contributed by atoms with Gasteiger partial charge >= 0.3 is 5.97 Å². The van der Waals surface area contributed by atoms with Crippen molar-refractivity contribution in [1.29, 1.82) is 0 Å². The first-order valence-electron chi connectivity index (χ1n) is 3.97. The molecule has 0 aromatic heterocycles. The van der Waals surface area contributed by atoms with E-state index in [0.717, 1.165) is 0 Å². The van der Waals surface area contributed by atoms with E-state index in [9.17, 15) is 4.79 Å². The lowest BCUT2D eigenvalue weighted by atomic mass is 9.97. The highest BCUT2D eigenvalue weighted by Crippen LogP contribution is 2.35. The van der Waals surface area contributed by atoms with E-state index in [0.29, 0.717) is 6.61 Å². The summed E-state index contributed by atoms with van der Waals surface area (Å²) in [5, 5.41) is 0. The van der Waals surface area contributed by atoms with Crippen LogP contribution < -0.4 is 0 Å². The molecule has 0 aromatic rings. The SMILES string of the molecule is CCOC(=O)C1O[C@H]2OC=C[C@@H]12. The standard InChI is InChI=1S/C8H10O4/c1-2-10-7(9)6-5-3-4-11-8(5)12-6/h3-6,8H,2H2,1H3/t5-,6?,8+/m0/s1. The Kier molecular flexibility index (Phi) is 1.77. The number of carbonyl (C=O) groups excluding carboxylic acids is 1. The van der Waals surface area contributed by atoms with Gasteiger partial charge in [-0.1, -0.05) is 0 Å². The van der Waals surface area contributed by atoms with E-state index in [4.69, 9.17) is 14.2 Å². The molecule has 2 aliphatic rings. The van der Waals surface area contributed by atoms with Gasteiger partial charge in [0.1, 0.15) is 0 Å². The van der Waals surface area contributed by atoms with Crippen molar-refractivity contribution in [2.24, 2.45) is 5.92 Å². The maximum atomic E-state index is 11.1. The zero-order valence-electron chi connectivity index (χ0n) is 6.73. The zero-order valence-corrected chi connectivity index (χ0v) is 6.73. The maximum absolute atomic E-state index is 11.1. The molecule has 2 aliphatic heterocycles. The second-order valence-electron chi connectivity index (χ2n) is 2.72. The van der Waals surface area contributed by atoms with Crippen LogP contribution >= 0.6 is 0 Å². The van der Waals surface area contributed by atoms with Gasteiger partial charge in [-0.2, -0.15) is 0 Å². The number of rotatable bonds is 2. The number of esters is 1. The van der Waals surface area contributed by atoms with E-state index in [1.165, 1.54) is 0 Å². The van der Waals surface area contributed by atoms with Gasteiger partial charge in [0.25, 0.3) is 0 Å². The Balaban J connectivity index is 1.91. The number of carbonyl (C=O) groups is 1. The summed E-state index contributed by atoms with van der Waals surface area (Å²) < 4.78 is 14.9. The summed E-state index contributed by atoms with van der Waals surface area (Å²) in [7, 11) is 0. The van der Waals surface area contributed by atoms with Crippen LogP contribution in [0.3, 0.4) is 0 Å². The Morgan fingerprint density at radius 1 is 1.67 bits per heavy atom. The number of ether oxygens (including phenoxy) is 3. The molecule has 4 nitrogen and oxygen atoms in total. The highest BCUT2D eigenvalue weighted by molar-refractivity contribution is 5.76. The molecule has 1 fully saturated rings. The second-order valence-corrected chi connectivity index (χ2v) is 2.72. The van der Waals surface area contributed by atoms with Crippen LogP contribution in [0.15, 0.2) is 12.3 Å². The molecule has 0 bridgehead atoms. The topological polar surface area (TPSA) is 44.8 Å². The minimum Gasteiger partial charge on any atom is -0.472 e. The molecule has 0 amide bonds. The van der Waals surface area contributed by atoms with E-state index in [-0.39, 0.29) is 18.2 Å². The van der Waals surface area contributed by atoms with Gasteiger partial charge in [0.05, 0.1) is 18.8 Å². The summed E-state index contributed by atoms with van der Waals surface area (Å²) in [6.07, 6.45) is 2.69. The monoisotopic (exact) mass is 170 g/mol. The van der Waals surface area contributed by atoms with E-state index >= 15 is 0 Å². The van der Waals surface area contributed by atoms with Crippen LogP contribution in [0.5, 0.6) is 0 Å². The summed E-state index contributed by atoms with van der Waals surface area (Å²) in [6, 6.07) is 0. The highest BCUT2D eigenvalue weighted by Gasteiger charge is 2.49. The van der Waals surface area contributed by atoms with E-state index in [2.05, 4.69) is 0 Å². The van der Waals surface area contributed by atoms with Crippen LogP contribution in [0.25, 0.3) is 0 Å². The van der Waals surface area contributed by atoms with Gasteiger partial charge in [0, 0.05) is 0 Å². The van der Waals surface area contributed by atoms with Crippen LogP contribution in [0, 0.1) is 5.92 Å². The maximum Gasteiger partial charge on any atom is 0.336 e. The van der Waals surface area contributed by atoms with Crippen LogP contribution in [0.2, 0.25) is 0 Å². The lowest BCUT2D eigenvalue weighted by Crippen LogP contribution is -2.51. The lowest BCUT2D eigenvalue weighted by molar-refractivity contribution is -0.257. The second kappa shape index (κ2) is 2.79. The fraction of sp³-hybridized carbons (Fsp3) is 0.625. The summed E-state index contributed by atoms with van der Waals surface area (Å²) in [6.45, 7) is 2.16. The van der Waals surface area contributed by atoms with Gasteiger partial charge in [0.2, 0.25) is 6.29 Å². The van der Waals surface area contributed by atoms with Crippen LogP contribution in [0.1, 0.15) is 6.92 Å². The third-order valence-corrected chi connectivity index (χ3v) is 1.98. The minimum absolute atomic E-state index is 0.0593. The third-order valence-electron chi connectivity index (χ3n) is 1.98. The summed E-state index contributed by atoms with van der Waals surface area (Å²) in [4.78, 5) is 11.1. The molecule has 0 aromatic carbocycles. The molecular formula is C8H10O4. The Hall–Kier alpha value is -1.03. The summed E-state index contributed by atoms with van der Waals surface area (Å²) in [5.41, 5.74) is 0. The first-order valence-corrected chi connectivity index (χ1v) is 3.97. The van der Waals surface area contributed by atoms with Gasteiger partial charge < -0.3 is 14.2 Å². The van der Waals surface area contributed by atoms with E-state index in [1.807, 2.05) is 6.08 Å². The molecule has 12 heavy (non-hydrogen) atoms. The minimum atomic E-state index is -0.450. The van der Waals surface area contributed by atoms with Crippen molar-refractivity contribution in [3.63, 3.8) is 0 Å². The molecule has 0 radical (unpaired) electrons. The van der Waals surface area contributed by atoms with Crippen molar-refractivity contribution in [3.05, 3.63) is 12.3 Å². The van der Waals surface area contributed by atoms with Crippen LogP contribution in [-0.2, 0) is 19.0 Å².